The van der Waals surface area contributed by atoms with Crippen molar-refractivity contribution < 1.29 is 0 Å². The number of hydrogen-bond donors (Lipinski definition) is 1. The number of pyridine rings is 1. The lowest BCUT2D eigenvalue weighted by atomic mass is 10.1. The Kier molecular flexibility index (Phi) is 5.44. The topological polar surface area (TPSA) is 64.7 Å². The average molecular weight is 333 g/mol. The zero-order chi connectivity index (χ0) is 14.7. The molecule has 6 heteroatoms. The predicted molar refractivity (Wildman–Crippen MR) is 90.8 cm³/mol. The van der Waals surface area contributed by atoms with Crippen molar-refractivity contribution in [3.8, 4) is 22.8 Å². The summed E-state index contributed by atoms with van der Waals surface area (Å²) in [6.45, 7) is 0.333. The van der Waals surface area contributed by atoms with Crippen LogP contribution in [0.5, 0.6) is 0 Å². The van der Waals surface area contributed by atoms with Gasteiger partial charge in [-0.05, 0) is 30.3 Å². The van der Waals surface area contributed by atoms with Crippen LogP contribution in [0.15, 0.2) is 54.7 Å². The van der Waals surface area contributed by atoms with E-state index in [1.165, 1.54) is 0 Å². The van der Waals surface area contributed by atoms with Gasteiger partial charge >= 0.3 is 0 Å². The van der Waals surface area contributed by atoms with Gasteiger partial charge in [-0.3, -0.25) is 4.98 Å². The number of hydrogen-bond acceptors (Lipinski definition) is 4. The molecule has 0 aliphatic rings. The van der Waals surface area contributed by atoms with Gasteiger partial charge in [0.05, 0.1) is 22.1 Å². The van der Waals surface area contributed by atoms with E-state index in [9.17, 15) is 0 Å². The lowest BCUT2D eigenvalue weighted by Crippen LogP contribution is -2.04. The minimum atomic E-state index is 0. The van der Waals surface area contributed by atoms with Gasteiger partial charge < -0.3 is 5.73 Å². The van der Waals surface area contributed by atoms with Crippen molar-refractivity contribution in [2.24, 2.45) is 5.73 Å². The van der Waals surface area contributed by atoms with Crippen LogP contribution in [0.1, 0.15) is 5.69 Å². The summed E-state index contributed by atoms with van der Waals surface area (Å²) in [6, 6.07) is 15.0. The standard InChI is InChI=1S/C16H13ClN4.ClH/c17-13-6-2-1-5-12(13)16-20-11(10-18)9-15(21-16)14-7-3-4-8-19-14;/h1-9H,10,18H2;1H. The van der Waals surface area contributed by atoms with Gasteiger partial charge in [0.25, 0.3) is 0 Å². The summed E-state index contributed by atoms with van der Waals surface area (Å²) in [5.41, 5.74) is 8.79. The number of nitrogens with two attached hydrogens (primary N) is 1. The van der Waals surface area contributed by atoms with E-state index >= 15 is 0 Å². The van der Waals surface area contributed by atoms with E-state index in [-0.39, 0.29) is 12.4 Å². The molecule has 0 bridgehead atoms. The summed E-state index contributed by atoms with van der Waals surface area (Å²) in [6.07, 6.45) is 1.73. The monoisotopic (exact) mass is 332 g/mol. The van der Waals surface area contributed by atoms with Gasteiger partial charge in [0.2, 0.25) is 0 Å². The molecule has 1 aromatic carbocycles. The Bertz CT molecular complexity index is 763. The second-order valence-electron chi connectivity index (χ2n) is 4.47. The lowest BCUT2D eigenvalue weighted by molar-refractivity contribution is 0.970. The molecule has 0 aliphatic heterocycles. The van der Waals surface area contributed by atoms with Crippen molar-refractivity contribution in [2.75, 3.05) is 0 Å². The minimum Gasteiger partial charge on any atom is -0.325 e. The molecule has 22 heavy (non-hydrogen) atoms. The molecule has 0 saturated heterocycles. The summed E-state index contributed by atoms with van der Waals surface area (Å²) >= 11 is 6.23. The molecular weight excluding hydrogens is 319 g/mol. The van der Waals surface area contributed by atoms with Gasteiger partial charge in [0, 0.05) is 18.3 Å². The molecule has 0 amide bonds. The molecule has 0 unspecified atom stereocenters. The van der Waals surface area contributed by atoms with Crippen LogP contribution in [0.3, 0.4) is 0 Å². The highest BCUT2D eigenvalue weighted by molar-refractivity contribution is 6.33. The largest absolute Gasteiger partial charge is 0.325 e. The van der Waals surface area contributed by atoms with Crippen LogP contribution in [0.25, 0.3) is 22.8 Å². The first kappa shape index (κ1) is 16.4. The van der Waals surface area contributed by atoms with E-state index in [4.69, 9.17) is 17.3 Å². The molecule has 3 rings (SSSR count). The zero-order valence-electron chi connectivity index (χ0n) is 11.6. The van der Waals surface area contributed by atoms with E-state index in [2.05, 4.69) is 15.0 Å². The van der Waals surface area contributed by atoms with Crippen molar-refractivity contribution in [2.45, 2.75) is 6.54 Å². The van der Waals surface area contributed by atoms with Gasteiger partial charge in [-0.15, -0.1) is 12.4 Å². The fourth-order valence-electron chi connectivity index (χ4n) is 2.01. The molecule has 0 radical (unpaired) electrons. The average Bonchev–Trinajstić information content (AvgIpc) is 2.55. The van der Waals surface area contributed by atoms with Crippen LogP contribution in [0, 0.1) is 0 Å². The Hall–Kier alpha value is -2.01. The normalized spacial score (nSPS) is 10.1. The lowest BCUT2D eigenvalue weighted by Gasteiger charge is -2.08. The third-order valence-electron chi connectivity index (χ3n) is 3.03. The SMILES string of the molecule is Cl.NCc1cc(-c2ccccn2)nc(-c2ccccc2Cl)n1. The van der Waals surface area contributed by atoms with Gasteiger partial charge in [0.1, 0.15) is 0 Å². The van der Waals surface area contributed by atoms with Gasteiger partial charge in [-0.25, -0.2) is 9.97 Å². The van der Waals surface area contributed by atoms with Crippen molar-refractivity contribution >= 4 is 24.0 Å². The Morgan fingerprint density at radius 2 is 1.73 bits per heavy atom. The maximum Gasteiger partial charge on any atom is 0.161 e. The van der Waals surface area contributed by atoms with E-state index < -0.39 is 0 Å². The summed E-state index contributed by atoms with van der Waals surface area (Å²) in [5.74, 6) is 0.559. The first-order chi connectivity index (χ1) is 10.3. The second-order valence-corrected chi connectivity index (χ2v) is 4.87. The number of benzene rings is 1. The highest BCUT2D eigenvalue weighted by Crippen LogP contribution is 2.26. The van der Waals surface area contributed by atoms with Gasteiger partial charge in [-0.1, -0.05) is 29.8 Å². The highest BCUT2D eigenvalue weighted by atomic mass is 35.5. The predicted octanol–water partition coefficient (Wildman–Crippen LogP) is 3.74. The summed E-state index contributed by atoms with van der Waals surface area (Å²) < 4.78 is 0. The number of aromatic nitrogens is 3. The third kappa shape index (κ3) is 3.42. The molecule has 3 aromatic rings. The molecule has 0 aliphatic carbocycles. The Morgan fingerprint density at radius 3 is 2.41 bits per heavy atom. The Labute approximate surface area is 139 Å². The quantitative estimate of drug-likeness (QED) is 0.793. The summed E-state index contributed by atoms with van der Waals surface area (Å²) in [7, 11) is 0. The molecule has 0 saturated carbocycles. The molecule has 2 aromatic heterocycles. The van der Waals surface area contributed by atoms with Gasteiger partial charge in [-0.2, -0.15) is 0 Å². The first-order valence-corrected chi connectivity index (χ1v) is 6.90. The van der Waals surface area contributed by atoms with Crippen LogP contribution in [0.4, 0.5) is 0 Å². The molecule has 112 valence electrons. The zero-order valence-corrected chi connectivity index (χ0v) is 13.2. The van der Waals surface area contributed by atoms with Crippen LogP contribution >= 0.6 is 24.0 Å². The molecular formula is C16H14Cl2N4. The van der Waals surface area contributed by atoms with Crippen LogP contribution in [0.2, 0.25) is 5.02 Å². The molecule has 0 fully saturated rings. The molecule has 0 spiro atoms. The van der Waals surface area contributed by atoms with Crippen LogP contribution in [-0.4, -0.2) is 15.0 Å². The van der Waals surface area contributed by atoms with Crippen molar-refractivity contribution in [1.29, 1.82) is 0 Å². The van der Waals surface area contributed by atoms with Crippen molar-refractivity contribution in [1.82, 2.24) is 15.0 Å². The summed E-state index contributed by atoms with van der Waals surface area (Å²) in [5, 5.41) is 0.610. The first-order valence-electron chi connectivity index (χ1n) is 6.52. The van der Waals surface area contributed by atoms with Crippen LogP contribution < -0.4 is 5.73 Å². The molecule has 0 atom stereocenters. The van der Waals surface area contributed by atoms with E-state index in [0.29, 0.717) is 17.4 Å². The highest BCUT2D eigenvalue weighted by Gasteiger charge is 2.11. The minimum absolute atomic E-state index is 0. The molecule has 2 N–H and O–H groups in total. The van der Waals surface area contributed by atoms with Crippen molar-refractivity contribution in [3.63, 3.8) is 0 Å². The van der Waals surface area contributed by atoms with E-state index in [0.717, 1.165) is 22.6 Å². The Balaban J connectivity index is 0.00000176. The molecule has 4 nitrogen and oxygen atoms in total. The second kappa shape index (κ2) is 7.31. The van der Waals surface area contributed by atoms with E-state index in [1.54, 1.807) is 6.20 Å². The fourth-order valence-corrected chi connectivity index (χ4v) is 2.23. The number of rotatable bonds is 3. The number of nitrogens with zero attached hydrogens (tertiary/aromatic N) is 3. The third-order valence-corrected chi connectivity index (χ3v) is 3.36. The molecule has 2 heterocycles. The smallest absolute Gasteiger partial charge is 0.161 e. The Morgan fingerprint density at radius 1 is 0.955 bits per heavy atom. The number of halogens is 2. The van der Waals surface area contributed by atoms with Gasteiger partial charge in [0.15, 0.2) is 5.82 Å². The summed E-state index contributed by atoms with van der Waals surface area (Å²) in [4.78, 5) is 13.3. The fraction of sp³-hybridized carbons (Fsp3) is 0.0625. The van der Waals surface area contributed by atoms with Crippen LogP contribution in [-0.2, 0) is 6.54 Å². The van der Waals surface area contributed by atoms with Crippen molar-refractivity contribution in [3.05, 3.63) is 65.4 Å². The maximum atomic E-state index is 6.23. The maximum absolute atomic E-state index is 6.23. The van der Waals surface area contributed by atoms with E-state index in [1.807, 2.05) is 48.5 Å².